The molecule has 1 aliphatic carbocycles. The topological polar surface area (TPSA) is 83.7 Å². The zero-order chi connectivity index (χ0) is 24.5. The van der Waals surface area contributed by atoms with Gasteiger partial charge in [-0.05, 0) is 60.2 Å². The number of hydrogen-bond acceptors (Lipinski definition) is 4. The molecular formula is C27H28ClN3O4. The zero-order valence-corrected chi connectivity index (χ0v) is 20.6. The lowest BCUT2D eigenvalue weighted by molar-refractivity contribution is -0.128. The van der Waals surface area contributed by atoms with Gasteiger partial charge in [-0.1, -0.05) is 23.7 Å². The number of aromatic amines is 1. The van der Waals surface area contributed by atoms with Gasteiger partial charge < -0.3 is 24.7 Å². The zero-order valence-electron chi connectivity index (χ0n) is 19.8. The molecule has 1 aromatic heterocycles. The highest BCUT2D eigenvalue weighted by Crippen LogP contribution is 2.37. The van der Waals surface area contributed by atoms with E-state index >= 15 is 0 Å². The first-order valence-electron chi connectivity index (χ1n) is 11.8. The molecule has 0 unspecified atom stereocenters. The second-order valence-electron chi connectivity index (χ2n) is 8.93. The second kappa shape index (κ2) is 9.66. The summed E-state index contributed by atoms with van der Waals surface area (Å²) in [7, 11) is 3.16. The molecule has 0 spiro atoms. The van der Waals surface area contributed by atoms with E-state index in [4.69, 9.17) is 21.1 Å². The predicted molar refractivity (Wildman–Crippen MR) is 136 cm³/mol. The van der Waals surface area contributed by atoms with Crippen molar-refractivity contribution in [2.45, 2.75) is 38.1 Å². The third kappa shape index (κ3) is 4.48. The summed E-state index contributed by atoms with van der Waals surface area (Å²) < 4.78 is 10.7. The largest absolute Gasteiger partial charge is 0.493 e. The number of nitrogens with zero attached hydrogens (tertiary/aromatic N) is 1. The minimum Gasteiger partial charge on any atom is -0.493 e. The highest BCUT2D eigenvalue weighted by Gasteiger charge is 2.27. The molecule has 0 saturated carbocycles. The van der Waals surface area contributed by atoms with E-state index in [-0.39, 0.29) is 30.7 Å². The van der Waals surface area contributed by atoms with Gasteiger partial charge in [-0.2, -0.15) is 0 Å². The number of aryl methyl sites for hydroxylation is 1. The SMILES string of the molecule is COc1cc2c(cc1OC)CC(=O)N(CCC(=O)N[C@@H]1CCCc3c1[nH]c1c(Cl)cccc31)C=C2. The molecule has 0 fully saturated rings. The van der Waals surface area contributed by atoms with Crippen LogP contribution in [-0.2, 0) is 22.4 Å². The Balaban J connectivity index is 1.25. The molecule has 182 valence electrons. The number of rotatable bonds is 6. The van der Waals surface area contributed by atoms with Gasteiger partial charge >= 0.3 is 0 Å². The van der Waals surface area contributed by atoms with Crippen LogP contribution < -0.4 is 14.8 Å². The Morgan fingerprint density at radius 1 is 1.23 bits per heavy atom. The number of carbonyl (C=O) groups is 2. The molecule has 0 saturated heterocycles. The lowest BCUT2D eigenvalue weighted by Crippen LogP contribution is -2.35. The molecule has 35 heavy (non-hydrogen) atoms. The number of ether oxygens (including phenoxy) is 2. The number of aromatic nitrogens is 1. The quantitative estimate of drug-likeness (QED) is 0.517. The average Bonchev–Trinajstić information content (AvgIpc) is 3.17. The maximum absolute atomic E-state index is 12.9. The number of benzene rings is 2. The summed E-state index contributed by atoms with van der Waals surface area (Å²) in [5, 5.41) is 4.97. The lowest BCUT2D eigenvalue weighted by atomic mass is 9.91. The minimum absolute atomic E-state index is 0.0646. The molecule has 0 radical (unpaired) electrons. The van der Waals surface area contributed by atoms with Crippen LogP contribution in [0.25, 0.3) is 17.0 Å². The highest BCUT2D eigenvalue weighted by molar-refractivity contribution is 6.35. The Morgan fingerprint density at radius 2 is 2.03 bits per heavy atom. The van der Waals surface area contributed by atoms with E-state index in [0.29, 0.717) is 23.1 Å². The fourth-order valence-electron chi connectivity index (χ4n) is 5.05. The lowest BCUT2D eigenvalue weighted by Gasteiger charge is -2.24. The van der Waals surface area contributed by atoms with Crippen LogP contribution in [0.4, 0.5) is 0 Å². The number of fused-ring (bicyclic) bond motifs is 4. The summed E-state index contributed by atoms with van der Waals surface area (Å²) in [5.41, 5.74) is 4.96. The van der Waals surface area contributed by atoms with Crippen molar-refractivity contribution in [3.8, 4) is 11.5 Å². The average molecular weight is 494 g/mol. The summed E-state index contributed by atoms with van der Waals surface area (Å²) in [5.74, 6) is 1.05. The molecule has 2 aliphatic rings. The van der Waals surface area contributed by atoms with Gasteiger partial charge in [0.15, 0.2) is 11.5 Å². The van der Waals surface area contributed by atoms with Gasteiger partial charge in [0.2, 0.25) is 11.8 Å². The van der Waals surface area contributed by atoms with Gasteiger partial charge in [0.1, 0.15) is 0 Å². The first-order chi connectivity index (χ1) is 17.0. The molecule has 7 nitrogen and oxygen atoms in total. The summed E-state index contributed by atoms with van der Waals surface area (Å²) in [6, 6.07) is 9.50. The van der Waals surface area contributed by atoms with Crippen LogP contribution in [0.2, 0.25) is 5.02 Å². The Hall–Kier alpha value is -3.45. The van der Waals surface area contributed by atoms with E-state index in [1.807, 2.05) is 30.3 Å². The van der Waals surface area contributed by atoms with Crippen molar-refractivity contribution in [2.24, 2.45) is 0 Å². The molecule has 1 aliphatic heterocycles. The second-order valence-corrected chi connectivity index (χ2v) is 9.33. The van der Waals surface area contributed by atoms with Crippen LogP contribution in [0, 0.1) is 0 Å². The van der Waals surface area contributed by atoms with Crippen molar-refractivity contribution in [3.63, 3.8) is 0 Å². The molecule has 2 amide bonds. The Labute approximate surface area is 209 Å². The molecule has 8 heteroatoms. The number of hydrogen-bond donors (Lipinski definition) is 2. The van der Waals surface area contributed by atoms with E-state index in [9.17, 15) is 9.59 Å². The third-order valence-corrected chi connectivity index (χ3v) is 7.16. The van der Waals surface area contributed by atoms with Gasteiger partial charge in [-0.15, -0.1) is 0 Å². The van der Waals surface area contributed by atoms with Crippen molar-refractivity contribution in [3.05, 3.63) is 63.9 Å². The van der Waals surface area contributed by atoms with Gasteiger partial charge in [0.05, 0.1) is 37.2 Å². The number of para-hydroxylation sites is 1. The fourth-order valence-corrected chi connectivity index (χ4v) is 5.27. The fraction of sp³-hybridized carbons (Fsp3) is 0.333. The first kappa shape index (κ1) is 23.3. The van der Waals surface area contributed by atoms with E-state index in [1.54, 1.807) is 25.3 Å². The van der Waals surface area contributed by atoms with E-state index in [2.05, 4.69) is 16.4 Å². The van der Waals surface area contributed by atoms with Crippen molar-refractivity contribution in [1.82, 2.24) is 15.2 Å². The van der Waals surface area contributed by atoms with Gasteiger partial charge in [0, 0.05) is 30.2 Å². The van der Waals surface area contributed by atoms with Crippen LogP contribution in [-0.4, -0.2) is 42.5 Å². The van der Waals surface area contributed by atoms with Gasteiger partial charge in [-0.3, -0.25) is 9.59 Å². The molecule has 1 atom stereocenters. The Bertz CT molecular complexity index is 1330. The Kier molecular flexibility index (Phi) is 6.43. The number of carbonyl (C=O) groups excluding carboxylic acids is 2. The van der Waals surface area contributed by atoms with Crippen molar-refractivity contribution < 1.29 is 19.1 Å². The van der Waals surface area contributed by atoms with Crippen LogP contribution in [0.1, 0.15) is 47.7 Å². The minimum atomic E-state index is -0.0886. The third-order valence-electron chi connectivity index (χ3n) is 6.85. The maximum Gasteiger partial charge on any atom is 0.230 e. The van der Waals surface area contributed by atoms with Crippen LogP contribution in [0.5, 0.6) is 11.5 Å². The van der Waals surface area contributed by atoms with E-state index < -0.39 is 0 Å². The van der Waals surface area contributed by atoms with E-state index in [0.717, 1.165) is 47.0 Å². The highest BCUT2D eigenvalue weighted by atomic mass is 35.5. The van der Waals surface area contributed by atoms with Crippen molar-refractivity contribution >= 4 is 40.4 Å². The molecule has 2 aromatic carbocycles. The molecule has 0 bridgehead atoms. The normalized spacial score (nSPS) is 17.1. The number of nitrogens with one attached hydrogen (secondary N) is 2. The van der Waals surface area contributed by atoms with Crippen molar-refractivity contribution in [2.75, 3.05) is 20.8 Å². The predicted octanol–water partition coefficient (Wildman–Crippen LogP) is 4.78. The Morgan fingerprint density at radius 3 is 2.83 bits per heavy atom. The van der Waals surface area contributed by atoms with Crippen LogP contribution in [0.3, 0.4) is 0 Å². The number of amides is 2. The standard InChI is InChI=1S/C27H28ClN3O4/c1-34-22-13-16-9-11-31(25(33)15-17(16)14-23(22)35-2)12-10-24(32)29-21-8-4-6-19-18-5-3-7-20(28)26(18)30-27(19)21/h3,5,7,9,11,13-14,21,30H,4,6,8,10,12,15H2,1-2H3,(H,29,32)/t21-/m1/s1. The molecule has 2 heterocycles. The summed E-state index contributed by atoms with van der Waals surface area (Å²) in [4.78, 5) is 30.8. The van der Waals surface area contributed by atoms with Crippen LogP contribution in [0.15, 0.2) is 36.5 Å². The monoisotopic (exact) mass is 493 g/mol. The summed E-state index contributed by atoms with van der Waals surface area (Å²) >= 11 is 6.38. The molecule has 2 N–H and O–H groups in total. The summed E-state index contributed by atoms with van der Waals surface area (Å²) in [6.45, 7) is 0.307. The van der Waals surface area contributed by atoms with Gasteiger partial charge in [-0.25, -0.2) is 0 Å². The van der Waals surface area contributed by atoms with E-state index in [1.165, 1.54) is 5.56 Å². The van der Waals surface area contributed by atoms with Gasteiger partial charge in [0.25, 0.3) is 0 Å². The number of H-pyrrole nitrogens is 1. The smallest absolute Gasteiger partial charge is 0.230 e. The molecular weight excluding hydrogens is 466 g/mol. The van der Waals surface area contributed by atoms with Crippen molar-refractivity contribution in [1.29, 1.82) is 0 Å². The summed E-state index contributed by atoms with van der Waals surface area (Å²) in [6.07, 6.45) is 6.89. The van der Waals surface area contributed by atoms with Crippen LogP contribution >= 0.6 is 11.6 Å². The molecule has 3 aromatic rings. The maximum atomic E-state index is 12.9. The number of halogens is 1. The number of methoxy groups -OCH3 is 2. The molecule has 5 rings (SSSR count). The first-order valence-corrected chi connectivity index (χ1v) is 12.2.